The van der Waals surface area contributed by atoms with E-state index in [1.165, 1.54) is 18.9 Å². The molecule has 3 saturated heterocycles. The minimum atomic E-state index is -1.09. The Morgan fingerprint density at radius 1 is 1.12 bits per heavy atom. The Kier molecular flexibility index (Phi) is 9.55. The van der Waals surface area contributed by atoms with Gasteiger partial charge in [-0.15, -0.1) is 12.4 Å². The van der Waals surface area contributed by atoms with Crippen LogP contribution in [0.15, 0.2) is 46.8 Å². The number of hydrogen-bond donors (Lipinski definition) is 2. The summed E-state index contributed by atoms with van der Waals surface area (Å²) in [4.78, 5) is 27.3. The monoisotopic (exact) mass is 637 g/mol. The number of piperidine rings is 1. The predicted octanol–water partition coefficient (Wildman–Crippen LogP) is 4.14. The second kappa shape index (κ2) is 13.0. The highest BCUT2D eigenvalue weighted by atomic mass is 35.5. The number of nitrogens with one attached hydrogen (secondary N) is 1. The van der Waals surface area contributed by atoms with Crippen LogP contribution in [0.4, 0.5) is 27.8 Å². The summed E-state index contributed by atoms with van der Waals surface area (Å²) in [6.07, 6.45) is 7.32. The second-order valence-corrected chi connectivity index (χ2v) is 12.2. The Hall–Kier alpha value is -2.55. The fourth-order valence-corrected chi connectivity index (χ4v) is 6.72. The maximum absolute atomic E-state index is 14.2. The van der Waals surface area contributed by atoms with Gasteiger partial charge in [-0.3, -0.25) is 0 Å². The van der Waals surface area contributed by atoms with Crippen molar-refractivity contribution >= 4 is 59.2 Å². The van der Waals surface area contributed by atoms with Gasteiger partial charge >= 0.3 is 0 Å². The van der Waals surface area contributed by atoms with Gasteiger partial charge in [0, 0.05) is 48.9 Å². The molecule has 3 N–H and O–H groups in total. The van der Waals surface area contributed by atoms with Crippen LogP contribution in [0.25, 0.3) is 0 Å². The molecule has 0 saturated carbocycles. The third-order valence-electron chi connectivity index (χ3n) is 8.29. The molecule has 0 aliphatic carbocycles. The number of hydrogen-bond acceptors (Lipinski definition) is 12. The van der Waals surface area contributed by atoms with Crippen LogP contribution < -0.4 is 20.9 Å². The van der Waals surface area contributed by atoms with Crippen LogP contribution in [0.3, 0.4) is 0 Å². The fourth-order valence-electron chi connectivity index (χ4n) is 5.70. The smallest absolute Gasteiger partial charge is 0.227 e. The Labute approximate surface area is 259 Å². The fraction of sp³-hybridized carbons (Fsp3) is 0.519. The molecule has 15 heteroatoms. The quantitative estimate of drug-likeness (QED) is 0.386. The average Bonchev–Trinajstić information content (AvgIpc) is 3.51. The highest BCUT2D eigenvalue weighted by Gasteiger charge is 2.47. The molecule has 3 fully saturated rings. The normalized spacial score (nSPS) is 25.1. The predicted molar refractivity (Wildman–Crippen MR) is 163 cm³/mol. The van der Waals surface area contributed by atoms with Gasteiger partial charge in [-0.2, -0.15) is 4.98 Å². The van der Waals surface area contributed by atoms with Crippen molar-refractivity contribution in [3.63, 3.8) is 0 Å². The lowest BCUT2D eigenvalue weighted by molar-refractivity contribution is 0.0650. The Bertz CT molecular complexity index is 1370. The summed E-state index contributed by atoms with van der Waals surface area (Å²) in [6.45, 7) is 5.10. The molecule has 0 aromatic carbocycles. The SMILES string of the molecule is CO[C@H]1CN(c2nccc(Nc3nccc(Sc4cnc(N5CCC6(CC5)CO[C@@H](C)[C@H]6N)cn4)c3Cl)n2)C[C@H]1F.Cl. The number of rotatable bonds is 7. The molecule has 42 heavy (non-hydrogen) atoms. The summed E-state index contributed by atoms with van der Waals surface area (Å²) in [5, 5.41) is 4.30. The van der Waals surface area contributed by atoms with Crippen molar-refractivity contribution in [3.8, 4) is 0 Å². The lowest BCUT2D eigenvalue weighted by atomic mass is 9.73. The van der Waals surface area contributed by atoms with E-state index in [4.69, 9.17) is 26.8 Å². The van der Waals surface area contributed by atoms with E-state index >= 15 is 0 Å². The molecular weight excluding hydrogens is 604 g/mol. The Morgan fingerprint density at radius 2 is 1.90 bits per heavy atom. The summed E-state index contributed by atoms with van der Waals surface area (Å²) in [7, 11) is 1.50. The first-order valence-electron chi connectivity index (χ1n) is 13.6. The van der Waals surface area contributed by atoms with E-state index in [2.05, 4.69) is 42.1 Å². The van der Waals surface area contributed by atoms with Gasteiger partial charge in [0.1, 0.15) is 28.9 Å². The lowest BCUT2D eigenvalue weighted by Crippen LogP contribution is -2.50. The molecule has 0 bridgehead atoms. The van der Waals surface area contributed by atoms with Gasteiger partial charge in [-0.1, -0.05) is 23.4 Å². The number of methoxy groups -OCH3 is 1. The first kappa shape index (κ1) is 30.9. The van der Waals surface area contributed by atoms with E-state index in [9.17, 15) is 4.39 Å². The average molecular weight is 639 g/mol. The number of pyridine rings is 1. The number of alkyl halides is 1. The number of ether oxygens (including phenoxy) is 2. The molecule has 0 radical (unpaired) electrons. The third kappa shape index (κ3) is 6.22. The highest BCUT2D eigenvalue weighted by Crippen LogP contribution is 2.42. The van der Waals surface area contributed by atoms with Gasteiger partial charge < -0.3 is 30.3 Å². The zero-order chi connectivity index (χ0) is 28.6. The van der Waals surface area contributed by atoms with Crippen LogP contribution in [0, 0.1) is 5.41 Å². The molecule has 3 aliphatic heterocycles. The first-order chi connectivity index (χ1) is 19.8. The van der Waals surface area contributed by atoms with Crippen molar-refractivity contribution in [2.75, 3.05) is 55.0 Å². The molecule has 226 valence electrons. The number of halogens is 3. The molecule has 6 heterocycles. The van der Waals surface area contributed by atoms with Crippen molar-refractivity contribution in [1.29, 1.82) is 0 Å². The van der Waals surface area contributed by atoms with Crippen molar-refractivity contribution < 1.29 is 13.9 Å². The van der Waals surface area contributed by atoms with Crippen LogP contribution in [0.5, 0.6) is 0 Å². The summed E-state index contributed by atoms with van der Waals surface area (Å²) in [5.41, 5.74) is 6.52. The molecule has 0 unspecified atom stereocenters. The number of anilines is 4. The topological polar surface area (TPSA) is 127 Å². The van der Waals surface area contributed by atoms with E-state index < -0.39 is 12.3 Å². The maximum atomic E-state index is 14.2. The summed E-state index contributed by atoms with van der Waals surface area (Å²) in [6, 6.07) is 3.61. The van der Waals surface area contributed by atoms with Crippen molar-refractivity contribution in [2.45, 2.75) is 54.1 Å². The molecule has 11 nitrogen and oxygen atoms in total. The third-order valence-corrected chi connectivity index (χ3v) is 9.76. The first-order valence-corrected chi connectivity index (χ1v) is 14.8. The largest absolute Gasteiger partial charge is 0.377 e. The molecule has 6 rings (SSSR count). The van der Waals surface area contributed by atoms with Gasteiger partial charge in [0.15, 0.2) is 5.82 Å². The van der Waals surface area contributed by atoms with Crippen LogP contribution in [0.1, 0.15) is 19.8 Å². The van der Waals surface area contributed by atoms with Gasteiger partial charge in [-0.05, 0) is 31.9 Å². The highest BCUT2D eigenvalue weighted by molar-refractivity contribution is 7.99. The van der Waals surface area contributed by atoms with E-state index in [1.807, 2.05) is 6.07 Å². The van der Waals surface area contributed by atoms with Gasteiger partial charge in [0.05, 0.1) is 43.2 Å². The number of nitrogens with zero attached hydrogens (tertiary/aromatic N) is 7. The standard InChI is InChI=1S/C27H33ClFN9O2S.ClH/c1-16-24(30)27(15-40-16)5-9-37(10-6-27)21-11-34-22(12-33-21)41-19-3-7-31-25(23(19)28)35-20-4-8-32-26(36-20)38-13-17(29)18(14-38)39-2;/h3-4,7-8,11-12,16-18,24H,5-6,9-10,13-15,30H2,1-2H3,(H,31,32,35,36);1H/t16-,17+,18-,24+;/m0./s1. The minimum absolute atomic E-state index is 0. The molecular formula is C27H34Cl2FN9O2S. The summed E-state index contributed by atoms with van der Waals surface area (Å²) in [5.74, 6) is 2.19. The van der Waals surface area contributed by atoms with E-state index in [-0.39, 0.29) is 36.5 Å². The maximum Gasteiger partial charge on any atom is 0.227 e. The minimum Gasteiger partial charge on any atom is -0.377 e. The number of aromatic nitrogens is 5. The molecule has 3 aliphatic rings. The molecule has 3 aromatic rings. The summed E-state index contributed by atoms with van der Waals surface area (Å²) >= 11 is 8.13. The lowest BCUT2D eigenvalue weighted by Gasteiger charge is -2.41. The van der Waals surface area contributed by atoms with Crippen molar-refractivity contribution in [2.24, 2.45) is 11.1 Å². The van der Waals surface area contributed by atoms with E-state index in [0.29, 0.717) is 34.2 Å². The molecule has 1 spiro atoms. The van der Waals surface area contributed by atoms with Gasteiger partial charge in [0.25, 0.3) is 0 Å². The van der Waals surface area contributed by atoms with Crippen molar-refractivity contribution in [3.05, 3.63) is 41.9 Å². The van der Waals surface area contributed by atoms with Crippen LogP contribution >= 0.6 is 35.8 Å². The number of nitrogens with two attached hydrogens (primary N) is 1. The van der Waals surface area contributed by atoms with Crippen LogP contribution in [0.2, 0.25) is 5.02 Å². The van der Waals surface area contributed by atoms with Crippen LogP contribution in [-0.4, -0.2) is 89.2 Å². The Morgan fingerprint density at radius 3 is 2.57 bits per heavy atom. The van der Waals surface area contributed by atoms with E-state index in [0.717, 1.165) is 43.3 Å². The zero-order valence-corrected chi connectivity index (χ0v) is 25.7. The van der Waals surface area contributed by atoms with Crippen molar-refractivity contribution in [1.82, 2.24) is 24.9 Å². The zero-order valence-electron chi connectivity index (χ0n) is 23.3. The van der Waals surface area contributed by atoms with Gasteiger partial charge in [0.2, 0.25) is 5.95 Å². The second-order valence-electron chi connectivity index (χ2n) is 10.7. The van der Waals surface area contributed by atoms with E-state index in [1.54, 1.807) is 35.8 Å². The summed E-state index contributed by atoms with van der Waals surface area (Å²) < 4.78 is 25.2. The molecule has 3 aromatic heterocycles. The van der Waals surface area contributed by atoms with Gasteiger partial charge in [-0.25, -0.2) is 24.3 Å². The van der Waals surface area contributed by atoms with Crippen LogP contribution in [-0.2, 0) is 9.47 Å². The Balaban J connectivity index is 0.00000353. The molecule has 0 amide bonds. The molecule has 4 atom stereocenters.